The Bertz CT molecular complexity index is 1110. The number of benzene rings is 2. The highest BCUT2D eigenvalue weighted by molar-refractivity contribution is 7.14. The molecule has 5 rings (SSSR count). The second-order valence-corrected chi connectivity index (χ2v) is 7.69. The Labute approximate surface area is 165 Å². The fraction of sp³-hybridized carbons (Fsp3) is 0.190. The molecular formula is C21H17N3O3S. The van der Waals surface area contributed by atoms with Crippen molar-refractivity contribution in [1.29, 1.82) is 0 Å². The van der Waals surface area contributed by atoms with Gasteiger partial charge in [0.2, 0.25) is 5.91 Å². The van der Waals surface area contributed by atoms with Crippen molar-refractivity contribution in [3.63, 3.8) is 0 Å². The molecule has 7 heteroatoms. The Hall–Kier alpha value is -3.19. The van der Waals surface area contributed by atoms with Gasteiger partial charge in [-0.2, -0.15) is 0 Å². The zero-order valence-corrected chi connectivity index (χ0v) is 15.8. The standard InChI is InChI=1S/C21H17N3O3S/c25-19-6-3-12-10-15(1-4-16(12)22-19)20(26)24-21-23-17(11-28-21)13-2-5-18-14(9-13)7-8-27-18/h1-2,4-5,9-11H,3,6-8H2,(H,22,25)(H,23,24,26). The quantitative estimate of drug-likeness (QED) is 0.710. The number of ether oxygens (including phenoxy) is 1. The van der Waals surface area contributed by atoms with Crippen LogP contribution in [-0.4, -0.2) is 23.4 Å². The highest BCUT2D eigenvalue weighted by Crippen LogP contribution is 2.32. The van der Waals surface area contributed by atoms with E-state index in [1.165, 1.54) is 16.9 Å². The zero-order chi connectivity index (χ0) is 19.1. The highest BCUT2D eigenvalue weighted by Gasteiger charge is 2.18. The zero-order valence-electron chi connectivity index (χ0n) is 15.0. The van der Waals surface area contributed by atoms with E-state index in [0.717, 1.165) is 41.3 Å². The first-order chi connectivity index (χ1) is 13.7. The number of thiazole rings is 1. The average molecular weight is 391 g/mol. The molecule has 2 amide bonds. The molecule has 0 saturated carbocycles. The Morgan fingerprint density at radius 2 is 2.04 bits per heavy atom. The first-order valence-electron chi connectivity index (χ1n) is 9.11. The molecule has 2 aromatic carbocycles. The number of hydrogen-bond acceptors (Lipinski definition) is 5. The highest BCUT2D eigenvalue weighted by atomic mass is 32.1. The summed E-state index contributed by atoms with van der Waals surface area (Å²) in [6.45, 7) is 0.724. The molecule has 0 atom stereocenters. The van der Waals surface area contributed by atoms with Gasteiger partial charge in [0, 0.05) is 35.0 Å². The summed E-state index contributed by atoms with van der Waals surface area (Å²) in [6.07, 6.45) is 2.00. The van der Waals surface area contributed by atoms with Gasteiger partial charge in [-0.15, -0.1) is 11.3 Å². The van der Waals surface area contributed by atoms with Crippen molar-refractivity contribution in [3.8, 4) is 17.0 Å². The molecule has 0 aliphatic carbocycles. The SMILES string of the molecule is O=C1CCc2cc(C(=O)Nc3nc(-c4ccc5c(c4)CCO5)cs3)ccc2N1. The summed E-state index contributed by atoms with van der Waals surface area (Å²) in [5.74, 6) is 0.747. The normalized spacial score (nSPS) is 14.6. The molecule has 2 aliphatic rings. The molecule has 2 aliphatic heterocycles. The number of nitrogens with zero attached hydrogens (tertiary/aromatic N) is 1. The first kappa shape index (κ1) is 16.9. The third kappa shape index (κ3) is 3.14. The van der Waals surface area contributed by atoms with Crippen LogP contribution in [0.15, 0.2) is 41.8 Å². The topological polar surface area (TPSA) is 80.3 Å². The van der Waals surface area contributed by atoms with Gasteiger partial charge < -0.3 is 10.1 Å². The predicted octanol–water partition coefficient (Wildman–Crippen LogP) is 3.88. The average Bonchev–Trinajstić information content (AvgIpc) is 3.36. The van der Waals surface area contributed by atoms with Crippen LogP contribution in [-0.2, 0) is 17.6 Å². The Balaban J connectivity index is 1.33. The first-order valence-corrected chi connectivity index (χ1v) is 9.99. The van der Waals surface area contributed by atoms with Gasteiger partial charge in [0.05, 0.1) is 12.3 Å². The fourth-order valence-corrected chi connectivity index (χ4v) is 4.22. The lowest BCUT2D eigenvalue weighted by atomic mass is 10.0. The van der Waals surface area contributed by atoms with Crippen molar-refractivity contribution in [2.75, 3.05) is 17.2 Å². The number of rotatable bonds is 3. The van der Waals surface area contributed by atoms with Gasteiger partial charge in [0.25, 0.3) is 5.91 Å². The van der Waals surface area contributed by atoms with Crippen molar-refractivity contribution in [1.82, 2.24) is 4.98 Å². The van der Waals surface area contributed by atoms with E-state index >= 15 is 0 Å². The number of hydrogen-bond donors (Lipinski definition) is 2. The van der Waals surface area contributed by atoms with Gasteiger partial charge in [-0.1, -0.05) is 0 Å². The summed E-state index contributed by atoms with van der Waals surface area (Å²) in [5, 5.41) is 8.20. The Morgan fingerprint density at radius 3 is 2.96 bits per heavy atom. The summed E-state index contributed by atoms with van der Waals surface area (Å²) in [4.78, 5) is 28.6. The summed E-state index contributed by atoms with van der Waals surface area (Å²) in [5.41, 5.74) is 5.37. The fourth-order valence-electron chi connectivity index (χ4n) is 3.50. The minimum Gasteiger partial charge on any atom is -0.493 e. The molecule has 6 nitrogen and oxygen atoms in total. The van der Waals surface area contributed by atoms with Crippen molar-refractivity contribution >= 4 is 34.0 Å². The molecule has 0 bridgehead atoms. The van der Waals surface area contributed by atoms with Crippen LogP contribution in [0.25, 0.3) is 11.3 Å². The molecule has 0 saturated heterocycles. The molecule has 0 radical (unpaired) electrons. The Morgan fingerprint density at radius 1 is 1.11 bits per heavy atom. The van der Waals surface area contributed by atoms with Crippen LogP contribution in [0.5, 0.6) is 5.75 Å². The number of nitrogens with one attached hydrogen (secondary N) is 2. The number of carbonyl (C=O) groups is 2. The van der Waals surface area contributed by atoms with Gasteiger partial charge >= 0.3 is 0 Å². The molecule has 2 N–H and O–H groups in total. The number of aryl methyl sites for hydroxylation is 1. The van der Waals surface area contributed by atoms with Crippen LogP contribution >= 0.6 is 11.3 Å². The van der Waals surface area contributed by atoms with Crippen molar-refractivity contribution in [2.24, 2.45) is 0 Å². The van der Waals surface area contributed by atoms with Crippen LogP contribution < -0.4 is 15.4 Å². The minimum absolute atomic E-state index is 0.0122. The number of amides is 2. The molecule has 28 heavy (non-hydrogen) atoms. The van der Waals surface area contributed by atoms with E-state index in [1.54, 1.807) is 12.1 Å². The van der Waals surface area contributed by atoms with Crippen LogP contribution in [0.1, 0.15) is 27.9 Å². The minimum atomic E-state index is -0.206. The third-order valence-electron chi connectivity index (χ3n) is 4.97. The number of fused-ring (bicyclic) bond motifs is 2. The molecule has 1 aromatic heterocycles. The van der Waals surface area contributed by atoms with Crippen molar-refractivity contribution in [2.45, 2.75) is 19.3 Å². The van der Waals surface area contributed by atoms with E-state index < -0.39 is 0 Å². The third-order valence-corrected chi connectivity index (χ3v) is 5.73. The van der Waals surface area contributed by atoms with Gasteiger partial charge in [-0.3, -0.25) is 14.9 Å². The smallest absolute Gasteiger partial charge is 0.257 e. The summed E-state index contributed by atoms with van der Waals surface area (Å²) < 4.78 is 5.54. The summed E-state index contributed by atoms with van der Waals surface area (Å²) >= 11 is 1.40. The molecule has 140 valence electrons. The van der Waals surface area contributed by atoms with Gasteiger partial charge in [-0.25, -0.2) is 4.98 Å². The van der Waals surface area contributed by atoms with Gasteiger partial charge in [0.1, 0.15) is 5.75 Å². The van der Waals surface area contributed by atoms with E-state index in [2.05, 4.69) is 21.7 Å². The number of anilines is 2. The van der Waals surface area contributed by atoms with Crippen molar-refractivity contribution < 1.29 is 14.3 Å². The molecule has 0 spiro atoms. The second-order valence-electron chi connectivity index (χ2n) is 6.83. The van der Waals surface area contributed by atoms with E-state index in [4.69, 9.17) is 4.74 Å². The van der Waals surface area contributed by atoms with E-state index in [1.807, 2.05) is 23.6 Å². The maximum Gasteiger partial charge on any atom is 0.257 e. The van der Waals surface area contributed by atoms with E-state index in [0.29, 0.717) is 23.5 Å². The lowest BCUT2D eigenvalue weighted by molar-refractivity contribution is -0.116. The Kier molecular flexibility index (Phi) is 4.09. The monoisotopic (exact) mass is 391 g/mol. The predicted molar refractivity (Wildman–Crippen MR) is 108 cm³/mol. The summed E-state index contributed by atoms with van der Waals surface area (Å²) in [6, 6.07) is 11.4. The number of aromatic nitrogens is 1. The second kappa shape index (κ2) is 6.76. The lowest BCUT2D eigenvalue weighted by Gasteiger charge is -2.17. The molecule has 3 heterocycles. The molecular weight excluding hydrogens is 374 g/mol. The van der Waals surface area contributed by atoms with Crippen LogP contribution in [0, 0.1) is 0 Å². The van der Waals surface area contributed by atoms with Gasteiger partial charge in [0.15, 0.2) is 5.13 Å². The van der Waals surface area contributed by atoms with E-state index in [9.17, 15) is 9.59 Å². The molecule has 3 aromatic rings. The lowest BCUT2D eigenvalue weighted by Crippen LogP contribution is -2.20. The van der Waals surface area contributed by atoms with Crippen LogP contribution in [0.3, 0.4) is 0 Å². The molecule has 0 unspecified atom stereocenters. The number of carbonyl (C=O) groups excluding carboxylic acids is 2. The molecule has 0 fully saturated rings. The van der Waals surface area contributed by atoms with Crippen molar-refractivity contribution in [3.05, 3.63) is 58.5 Å². The van der Waals surface area contributed by atoms with Crippen LogP contribution in [0.2, 0.25) is 0 Å². The maximum absolute atomic E-state index is 12.6. The maximum atomic E-state index is 12.6. The van der Waals surface area contributed by atoms with Crippen LogP contribution in [0.4, 0.5) is 10.8 Å². The largest absolute Gasteiger partial charge is 0.493 e. The summed E-state index contributed by atoms with van der Waals surface area (Å²) in [7, 11) is 0. The van der Waals surface area contributed by atoms with E-state index in [-0.39, 0.29) is 11.8 Å². The van der Waals surface area contributed by atoms with Gasteiger partial charge in [-0.05, 0) is 53.9 Å².